The monoisotopic (exact) mass is 1480 g/mol. The molecule has 8 nitrogen and oxygen atoms in total. The van der Waals surface area contributed by atoms with Crippen LogP contribution in [-0.2, 0) is 49.8 Å². The third-order valence-corrected chi connectivity index (χ3v) is 16.8. The van der Waals surface area contributed by atoms with Crippen molar-refractivity contribution in [2.24, 2.45) is 21.7 Å². The normalized spacial score (nSPS) is 11.9. The van der Waals surface area contributed by atoms with Crippen molar-refractivity contribution in [1.82, 2.24) is 9.97 Å². The average Bonchev–Trinajstić information content (AvgIpc) is 2.11. The molecule has 0 unspecified atom stereocenters. The molecular weight excluding hydrogens is 1400 g/mol. The quantitative estimate of drug-likeness (QED) is 0.0401. The molecule has 0 bridgehead atoms. The van der Waals surface area contributed by atoms with Crippen LogP contribution in [0.25, 0.3) is 54.2 Å². The van der Waals surface area contributed by atoms with E-state index in [1.807, 2.05) is 162 Å². The Kier molecular flexibility index (Phi) is 26.0. The number of ether oxygens (including phenoxy) is 2. The summed E-state index contributed by atoms with van der Waals surface area (Å²) >= 11 is 0. The average molecular weight is 1480 g/mol. The van der Waals surface area contributed by atoms with E-state index in [2.05, 4.69) is 115 Å². The number of aliphatic hydroxyl groups excluding tert-OH is 2. The Balaban J connectivity index is 0.000000246. The molecule has 0 amide bonds. The minimum Gasteiger partial charge on any atom is -0.512 e. The number of benzene rings is 7. The molecule has 0 aliphatic rings. The molecule has 0 spiro atoms. The second kappa shape index (κ2) is 31.4. The smallest absolute Gasteiger partial charge is 0.217 e. The van der Waals surface area contributed by atoms with Gasteiger partial charge in [-0.15, -0.1) is 24.3 Å². The van der Waals surface area contributed by atoms with Crippen molar-refractivity contribution >= 4 is 54.7 Å². The Morgan fingerprint density at radius 1 is 0.440 bits per heavy atom. The van der Waals surface area contributed by atoms with Gasteiger partial charge in [0.2, 0.25) is 11.8 Å². The van der Waals surface area contributed by atoms with Crippen LogP contribution in [0.15, 0.2) is 182 Å². The first kappa shape index (κ1) is 69.7. The van der Waals surface area contributed by atoms with Gasteiger partial charge in [0.25, 0.3) is 0 Å². The van der Waals surface area contributed by atoms with E-state index in [9.17, 15) is 19.8 Å². The second-order valence-electron chi connectivity index (χ2n) is 23.1. The molecule has 0 aliphatic carbocycles. The van der Waals surface area contributed by atoms with Crippen LogP contribution in [0.1, 0.15) is 133 Å². The summed E-state index contributed by atoms with van der Waals surface area (Å²) in [6.45, 7) is 28.0. The van der Waals surface area contributed by atoms with Gasteiger partial charge in [-0.2, -0.15) is 36.4 Å². The van der Waals surface area contributed by atoms with E-state index in [0.29, 0.717) is 23.3 Å². The second-order valence-corrected chi connectivity index (χ2v) is 23.1. The number of carbonyl (C=O) groups is 2. The standard InChI is InChI=1S/C25H16NO.C21H16NO.C15H28O2.C13H24O2.2Ir/c1-3-7-18(8-4-1)19-11-12-20-14-23-17-26-25(16-22(23)15-21(20)13-19)27-24-9-5-2-6-10-24;1-14-8-16-10-18-12-21(23-20-6-4-3-5-7-20)22-13-19(18)11-17(16)9-15(14)2;1-7-14(5,8-2)12(16)11-13(17)15(6,9-3)10-4;1-7-12(3,4)10(14)9-11(15)13(5,6)8-2;;/h1-9,11-17H;3-6,8-13H,1-2H3;11,16H,7-10H2,1-6H3;9,14H,7-8H2,1-6H3;;/q2*-1;;;;. The molecule has 2 radical (unpaired) electrons. The molecule has 446 valence electrons. The first-order chi connectivity index (χ1) is 39.0. The van der Waals surface area contributed by atoms with Crippen molar-refractivity contribution in [3.05, 3.63) is 205 Å². The Bertz CT molecular complexity index is 3660. The zero-order valence-electron chi connectivity index (χ0n) is 51.5. The van der Waals surface area contributed by atoms with Gasteiger partial charge in [-0.1, -0.05) is 138 Å². The van der Waals surface area contributed by atoms with Crippen LogP contribution in [0.2, 0.25) is 0 Å². The molecule has 0 aliphatic heterocycles. The summed E-state index contributed by atoms with van der Waals surface area (Å²) in [6.07, 6.45) is 11.5. The Morgan fingerprint density at radius 2 is 0.857 bits per heavy atom. The molecule has 2 heterocycles. The summed E-state index contributed by atoms with van der Waals surface area (Å²) in [5, 5.41) is 29.3. The Hall–Kier alpha value is -6.80. The topological polar surface area (TPSA) is 119 Å². The number of aromatic nitrogens is 2. The fraction of sp³-hybridized carbons (Fsp3) is 0.324. The van der Waals surface area contributed by atoms with Crippen molar-refractivity contribution in [2.75, 3.05) is 0 Å². The van der Waals surface area contributed by atoms with Gasteiger partial charge in [0.1, 0.15) is 11.5 Å². The van der Waals surface area contributed by atoms with Gasteiger partial charge in [-0.05, 0) is 137 Å². The molecule has 2 N–H and O–H groups in total. The van der Waals surface area contributed by atoms with Crippen LogP contribution in [-0.4, -0.2) is 31.7 Å². The summed E-state index contributed by atoms with van der Waals surface area (Å²) in [4.78, 5) is 32.9. The van der Waals surface area contributed by atoms with Crippen molar-refractivity contribution < 1.29 is 69.5 Å². The van der Waals surface area contributed by atoms with Crippen LogP contribution in [0.3, 0.4) is 0 Å². The van der Waals surface area contributed by atoms with Gasteiger partial charge in [0.05, 0.1) is 0 Å². The van der Waals surface area contributed by atoms with E-state index in [1.54, 1.807) is 0 Å². The SMILES string of the molecule is CCC(C)(C)C(=O)C=C(O)C(C)(C)CC.CCC(C)(CC)C(=O)C=C(O)C(C)(CC)CC.Cc1cc2cc3cnc(Oc4[c-]cccc4)cc3cc2cc1C.[Ir].[Ir].[c-]1ccccc1Oc1cc2cc3cc(-c4ccccc4)ccc3cc2cn1. The van der Waals surface area contributed by atoms with E-state index in [-0.39, 0.29) is 85.0 Å². The molecule has 9 aromatic rings. The number of allylic oxidation sites excluding steroid dienone is 4. The predicted octanol–water partition coefficient (Wildman–Crippen LogP) is 20.8. The maximum absolute atomic E-state index is 12.2. The fourth-order valence-corrected chi connectivity index (χ4v) is 8.61. The van der Waals surface area contributed by atoms with Crippen molar-refractivity contribution in [1.29, 1.82) is 0 Å². The number of pyridine rings is 2. The third-order valence-electron chi connectivity index (χ3n) is 16.8. The molecule has 0 saturated carbocycles. The van der Waals surface area contributed by atoms with Gasteiger partial charge in [-0.25, -0.2) is 9.97 Å². The Labute approximate surface area is 527 Å². The molecule has 7 aromatic carbocycles. The van der Waals surface area contributed by atoms with Crippen LogP contribution >= 0.6 is 0 Å². The zero-order chi connectivity index (χ0) is 59.8. The van der Waals surface area contributed by atoms with Crippen molar-refractivity contribution in [3.8, 4) is 34.4 Å². The van der Waals surface area contributed by atoms with E-state index in [0.717, 1.165) is 60.1 Å². The number of para-hydroxylation sites is 2. The predicted molar refractivity (Wildman–Crippen MR) is 341 cm³/mol. The number of rotatable bonds is 17. The van der Waals surface area contributed by atoms with Gasteiger partial charge < -0.3 is 19.7 Å². The van der Waals surface area contributed by atoms with Gasteiger partial charge in [-0.3, -0.25) is 9.59 Å². The molecule has 0 atom stereocenters. The van der Waals surface area contributed by atoms with Crippen LogP contribution < -0.4 is 9.47 Å². The molecule has 9 rings (SSSR count). The number of fused-ring (bicyclic) bond motifs is 4. The minimum absolute atomic E-state index is 0. The molecule has 0 saturated heterocycles. The molecular formula is C74H84Ir2N2O6-2. The third kappa shape index (κ3) is 18.4. The minimum atomic E-state index is -0.377. The number of hydrogen-bond donors (Lipinski definition) is 2. The fourth-order valence-electron chi connectivity index (χ4n) is 8.61. The van der Waals surface area contributed by atoms with Crippen LogP contribution in [0.5, 0.6) is 23.3 Å². The number of aryl methyl sites for hydroxylation is 2. The molecule has 84 heavy (non-hydrogen) atoms. The largest absolute Gasteiger partial charge is 0.512 e. The number of nitrogens with zero attached hydrogens (tertiary/aromatic N) is 2. The summed E-state index contributed by atoms with van der Waals surface area (Å²) in [5.41, 5.74) is 3.77. The Morgan fingerprint density at radius 3 is 1.30 bits per heavy atom. The van der Waals surface area contributed by atoms with E-state index in [1.165, 1.54) is 56.0 Å². The van der Waals surface area contributed by atoms with E-state index < -0.39 is 0 Å². The summed E-state index contributed by atoms with van der Waals surface area (Å²) in [5.74, 6) is 2.98. The number of carbonyl (C=O) groups excluding carboxylic acids is 2. The zero-order valence-corrected chi connectivity index (χ0v) is 56.3. The maximum atomic E-state index is 12.2. The van der Waals surface area contributed by atoms with Crippen molar-refractivity contribution in [2.45, 2.75) is 135 Å². The van der Waals surface area contributed by atoms with Gasteiger partial charge >= 0.3 is 0 Å². The summed E-state index contributed by atoms with van der Waals surface area (Å²) in [7, 11) is 0. The van der Waals surface area contributed by atoms with Gasteiger partial charge in [0.15, 0.2) is 11.6 Å². The van der Waals surface area contributed by atoms with Crippen LogP contribution in [0, 0.1) is 47.6 Å². The number of aliphatic hydroxyl groups is 2. The summed E-state index contributed by atoms with van der Waals surface area (Å²) in [6, 6.07) is 55.3. The maximum Gasteiger partial charge on any atom is 0.217 e. The van der Waals surface area contributed by atoms with Crippen molar-refractivity contribution in [3.63, 3.8) is 0 Å². The molecule has 2 aromatic heterocycles. The van der Waals surface area contributed by atoms with E-state index in [4.69, 9.17) is 9.47 Å². The number of ketones is 2. The van der Waals surface area contributed by atoms with Gasteiger partial charge in [0, 0.05) is 121 Å². The first-order valence-corrected chi connectivity index (χ1v) is 28.9. The molecule has 10 heteroatoms. The first-order valence-electron chi connectivity index (χ1n) is 28.9. The number of hydrogen-bond acceptors (Lipinski definition) is 8. The van der Waals surface area contributed by atoms with E-state index >= 15 is 0 Å². The van der Waals surface area contributed by atoms with Crippen LogP contribution in [0.4, 0.5) is 0 Å². The summed E-state index contributed by atoms with van der Waals surface area (Å²) < 4.78 is 11.6. The molecule has 0 fully saturated rings.